The van der Waals surface area contributed by atoms with Gasteiger partial charge in [0.25, 0.3) is 5.91 Å². The average Bonchev–Trinajstić information content (AvgIpc) is 2.62. The molecule has 25 heavy (non-hydrogen) atoms. The number of nitrogens with two attached hydrogens (primary N) is 1. The van der Waals surface area contributed by atoms with Crippen LogP contribution in [0.25, 0.3) is 10.8 Å². The van der Waals surface area contributed by atoms with E-state index in [1.165, 1.54) is 6.42 Å². The van der Waals surface area contributed by atoms with Gasteiger partial charge in [-0.1, -0.05) is 50.6 Å². The largest absolute Gasteiger partial charge is 0.368 e. The number of nitrogen functional groups attached to an aromatic ring is 1. The second kappa shape index (κ2) is 8.78. The molecule has 0 aliphatic rings. The van der Waals surface area contributed by atoms with E-state index in [1.807, 2.05) is 49.4 Å². The van der Waals surface area contributed by atoms with Gasteiger partial charge in [-0.15, -0.1) is 0 Å². The first kappa shape index (κ1) is 18.4. The molecule has 0 aliphatic carbocycles. The highest BCUT2D eigenvalue weighted by atomic mass is 16.2. The van der Waals surface area contributed by atoms with Gasteiger partial charge >= 0.3 is 0 Å². The summed E-state index contributed by atoms with van der Waals surface area (Å²) in [4.78, 5) is 22.3. The molecule has 0 fully saturated rings. The zero-order valence-electron chi connectivity index (χ0n) is 14.9. The molecule has 5 nitrogen and oxygen atoms in total. The van der Waals surface area contributed by atoms with Crippen LogP contribution in [0.3, 0.4) is 0 Å². The van der Waals surface area contributed by atoms with Crippen molar-refractivity contribution in [1.82, 2.24) is 9.97 Å². The van der Waals surface area contributed by atoms with Crippen LogP contribution in [0.1, 0.15) is 37.6 Å². The number of nitrogens with zero attached hydrogens (tertiary/aromatic N) is 3. The zero-order valence-corrected chi connectivity index (χ0v) is 14.9. The number of anilines is 2. The van der Waals surface area contributed by atoms with Gasteiger partial charge in [0.1, 0.15) is 5.82 Å². The lowest BCUT2D eigenvalue weighted by atomic mass is 10.1. The van der Waals surface area contributed by atoms with Crippen LogP contribution in [-0.4, -0.2) is 22.4 Å². The topological polar surface area (TPSA) is 72.1 Å². The number of rotatable bonds is 3. The molecule has 1 heterocycles. The summed E-state index contributed by atoms with van der Waals surface area (Å²) in [7, 11) is 0. The minimum atomic E-state index is -0.105. The van der Waals surface area contributed by atoms with E-state index in [1.54, 1.807) is 17.2 Å². The minimum Gasteiger partial charge on any atom is -0.368 e. The summed E-state index contributed by atoms with van der Waals surface area (Å²) in [5.74, 6) is 0.557. The molecular formula is C20H24N4O. The van der Waals surface area contributed by atoms with Crippen LogP contribution in [0, 0.1) is 0 Å². The fourth-order valence-electron chi connectivity index (χ4n) is 2.40. The first-order chi connectivity index (χ1) is 12.1. The van der Waals surface area contributed by atoms with Crippen LogP contribution in [0.2, 0.25) is 0 Å². The number of hydrogen-bond donors (Lipinski definition) is 1. The lowest BCUT2D eigenvalue weighted by molar-refractivity contribution is 0.0987. The van der Waals surface area contributed by atoms with Crippen molar-refractivity contribution in [2.45, 2.75) is 27.2 Å². The molecular weight excluding hydrogens is 312 g/mol. The molecule has 0 saturated carbocycles. The Hall–Kier alpha value is -2.95. The van der Waals surface area contributed by atoms with Crippen molar-refractivity contribution in [2.75, 3.05) is 17.2 Å². The molecule has 0 spiro atoms. The lowest BCUT2D eigenvalue weighted by Crippen LogP contribution is -2.31. The van der Waals surface area contributed by atoms with Crippen molar-refractivity contribution in [3.8, 4) is 0 Å². The second-order valence-electron chi connectivity index (χ2n) is 5.59. The molecule has 2 N–H and O–H groups in total. The maximum Gasteiger partial charge on any atom is 0.259 e. The summed E-state index contributed by atoms with van der Waals surface area (Å²) in [5, 5.41) is 2.14. The Kier molecular flexibility index (Phi) is 6.46. The molecule has 3 aromatic rings. The van der Waals surface area contributed by atoms with Gasteiger partial charge in [0.05, 0.1) is 0 Å². The van der Waals surface area contributed by atoms with E-state index in [9.17, 15) is 4.79 Å². The molecule has 3 rings (SSSR count). The smallest absolute Gasteiger partial charge is 0.259 e. The van der Waals surface area contributed by atoms with Crippen molar-refractivity contribution in [2.24, 2.45) is 0 Å². The number of benzene rings is 2. The molecule has 0 radical (unpaired) electrons. The van der Waals surface area contributed by atoms with Crippen molar-refractivity contribution < 1.29 is 4.79 Å². The van der Waals surface area contributed by atoms with Crippen molar-refractivity contribution in [3.05, 3.63) is 60.3 Å². The van der Waals surface area contributed by atoms with Crippen LogP contribution in [0.4, 0.5) is 11.8 Å². The Morgan fingerprint density at radius 1 is 1.04 bits per heavy atom. The normalized spacial score (nSPS) is 10.0. The Morgan fingerprint density at radius 3 is 2.36 bits per heavy atom. The van der Waals surface area contributed by atoms with Gasteiger partial charge in [0.2, 0.25) is 5.95 Å². The van der Waals surface area contributed by atoms with E-state index in [0.29, 0.717) is 17.9 Å². The van der Waals surface area contributed by atoms with E-state index >= 15 is 0 Å². The van der Waals surface area contributed by atoms with E-state index in [-0.39, 0.29) is 11.9 Å². The number of carbonyl (C=O) groups excluding carboxylic acids is 1. The maximum atomic E-state index is 12.8. The third kappa shape index (κ3) is 4.53. The monoisotopic (exact) mass is 336 g/mol. The summed E-state index contributed by atoms with van der Waals surface area (Å²) < 4.78 is 0. The predicted molar refractivity (Wildman–Crippen MR) is 104 cm³/mol. The summed E-state index contributed by atoms with van der Waals surface area (Å²) in [5.41, 5.74) is 6.23. The highest BCUT2D eigenvalue weighted by Gasteiger charge is 2.17. The van der Waals surface area contributed by atoms with E-state index < -0.39 is 0 Å². The van der Waals surface area contributed by atoms with Crippen LogP contribution >= 0.6 is 0 Å². The third-order valence-electron chi connectivity index (χ3n) is 3.49. The fourth-order valence-corrected chi connectivity index (χ4v) is 2.40. The standard InChI is InChI=1S/C17H16N4O.C3H8/c1-2-21(15-9-10-19-17(18)20-15)16(22)14-8-7-12-5-3-4-6-13(12)11-14;1-3-2/h3-11H,2H2,1H3,(H2,18,19,20);3H2,1-2H3. The van der Waals surface area contributed by atoms with Crippen molar-refractivity contribution in [1.29, 1.82) is 0 Å². The quantitative estimate of drug-likeness (QED) is 0.774. The molecule has 0 aliphatic heterocycles. The molecule has 0 saturated heterocycles. The minimum absolute atomic E-state index is 0.105. The molecule has 2 aromatic carbocycles. The van der Waals surface area contributed by atoms with Gasteiger partial charge < -0.3 is 5.73 Å². The van der Waals surface area contributed by atoms with Gasteiger partial charge in [-0.2, -0.15) is 4.98 Å². The Bertz CT molecular complexity index is 848. The lowest BCUT2D eigenvalue weighted by Gasteiger charge is -2.20. The molecule has 5 heteroatoms. The number of hydrogen-bond acceptors (Lipinski definition) is 4. The average molecular weight is 336 g/mol. The molecule has 0 bridgehead atoms. The van der Waals surface area contributed by atoms with Crippen molar-refractivity contribution >= 4 is 28.4 Å². The van der Waals surface area contributed by atoms with Crippen molar-refractivity contribution in [3.63, 3.8) is 0 Å². The number of fused-ring (bicyclic) bond motifs is 1. The Morgan fingerprint density at radius 2 is 1.72 bits per heavy atom. The first-order valence-electron chi connectivity index (χ1n) is 8.49. The third-order valence-corrected chi connectivity index (χ3v) is 3.49. The predicted octanol–water partition coefficient (Wildman–Crippen LogP) is 4.30. The van der Waals surface area contributed by atoms with Gasteiger partial charge in [0, 0.05) is 18.3 Å². The first-order valence-corrected chi connectivity index (χ1v) is 8.49. The number of amides is 1. The molecule has 130 valence electrons. The fraction of sp³-hybridized carbons (Fsp3) is 0.250. The zero-order chi connectivity index (χ0) is 18.2. The van der Waals surface area contributed by atoms with E-state index in [2.05, 4.69) is 23.8 Å². The Labute approximate surface area is 148 Å². The summed E-state index contributed by atoms with van der Waals surface area (Å²) >= 11 is 0. The van der Waals surface area contributed by atoms with E-state index in [4.69, 9.17) is 5.73 Å². The SMILES string of the molecule is CCC.CCN(C(=O)c1ccc2ccccc2c1)c1ccnc(N)n1. The van der Waals surface area contributed by atoms with Gasteiger partial charge in [-0.25, -0.2) is 4.98 Å². The van der Waals surface area contributed by atoms with Crippen LogP contribution in [0.5, 0.6) is 0 Å². The Balaban J connectivity index is 0.000000701. The second-order valence-corrected chi connectivity index (χ2v) is 5.59. The molecule has 0 atom stereocenters. The molecule has 1 amide bonds. The van der Waals surface area contributed by atoms with Crippen LogP contribution in [0.15, 0.2) is 54.7 Å². The summed E-state index contributed by atoms with van der Waals surface area (Å²) in [6.07, 6.45) is 2.80. The maximum absolute atomic E-state index is 12.8. The molecule has 1 aromatic heterocycles. The van der Waals surface area contributed by atoms with Gasteiger partial charge in [-0.3, -0.25) is 9.69 Å². The van der Waals surface area contributed by atoms with Gasteiger partial charge in [0.15, 0.2) is 0 Å². The number of aromatic nitrogens is 2. The molecule has 0 unspecified atom stereocenters. The summed E-state index contributed by atoms with van der Waals surface area (Å²) in [6.45, 7) is 6.65. The van der Waals surface area contributed by atoms with Crippen LogP contribution in [-0.2, 0) is 0 Å². The summed E-state index contributed by atoms with van der Waals surface area (Å²) in [6, 6.07) is 15.3. The number of carbonyl (C=O) groups is 1. The van der Waals surface area contributed by atoms with Gasteiger partial charge in [-0.05, 0) is 35.9 Å². The highest BCUT2D eigenvalue weighted by Crippen LogP contribution is 2.19. The highest BCUT2D eigenvalue weighted by molar-refractivity contribution is 6.07. The van der Waals surface area contributed by atoms with E-state index in [0.717, 1.165) is 10.8 Å². The van der Waals surface area contributed by atoms with Crippen LogP contribution < -0.4 is 10.6 Å².